The van der Waals surface area contributed by atoms with Gasteiger partial charge in [0.1, 0.15) is 5.82 Å². The minimum atomic E-state index is -3.14. The number of sulfone groups is 1. The molecule has 6 nitrogen and oxygen atoms in total. The normalized spacial score (nSPS) is 19.6. The van der Waals surface area contributed by atoms with E-state index in [4.69, 9.17) is 0 Å². The van der Waals surface area contributed by atoms with E-state index >= 15 is 0 Å². The number of nitrogens with one attached hydrogen (secondary N) is 1. The van der Waals surface area contributed by atoms with Crippen molar-refractivity contribution in [1.82, 2.24) is 20.1 Å². The highest BCUT2D eigenvalue weighted by atomic mass is 32.2. The first-order valence-electron chi connectivity index (χ1n) is 7.35. The first-order chi connectivity index (χ1) is 10.4. The van der Waals surface area contributed by atoms with Gasteiger partial charge in [0.15, 0.2) is 15.7 Å². The van der Waals surface area contributed by atoms with E-state index in [-0.39, 0.29) is 6.04 Å². The predicted octanol–water partition coefficient (Wildman–Crippen LogP) is 1.85. The van der Waals surface area contributed by atoms with Crippen LogP contribution in [0.2, 0.25) is 0 Å². The maximum atomic E-state index is 11.5. The summed E-state index contributed by atoms with van der Waals surface area (Å²) in [6.45, 7) is 3.69. The number of benzene rings is 1. The monoisotopic (exact) mass is 320 g/mol. The molecule has 2 heterocycles. The van der Waals surface area contributed by atoms with Crippen molar-refractivity contribution in [1.29, 1.82) is 0 Å². The fourth-order valence-corrected chi connectivity index (χ4v) is 3.52. The standard InChI is InChI=1S/C15H20N4O2S/c1-11-16-15(18-17-11)14-4-3-9-19(14)10-12-5-7-13(8-6-12)22(2,20)21/h5-8,14H,3-4,9-10H2,1-2H3,(H,16,17,18)/t14-/m0/s1. The number of hydrogen-bond donors (Lipinski definition) is 1. The van der Waals surface area contributed by atoms with Crippen LogP contribution < -0.4 is 0 Å². The lowest BCUT2D eigenvalue weighted by atomic mass is 10.1. The zero-order valence-electron chi connectivity index (χ0n) is 12.8. The molecule has 1 fully saturated rings. The molecule has 0 spiro atoms. The molecule has 3 rings (SSSR count). The van der Waals surface area contributed by atoms with Crippen LogP contribution in [0, 0.1) is 6.92 Å². The summed E-state index contributed by atoms with van der Waals surface area (Å²) in [5, 5.41) is 7.18. The Morgan fingerprint density at radius 2 is 2.05 bits per heavy atom. The van der Waals surface area contributed by atoms with Crippen LogP contribution in [-0.4, -0.2) is 41.3 Å². The maximum Gasteiger partial charge on any atom is 0.175 e. The number of aromatic nitrogens is 3. The Hall–Kier alpha value is -1.73. The molecular formula is C15H20N4O2S. The van der Waals surface area contributed by atoms with Crippen LogP contribution in [0.4, 0.5) is 0 Å². The number of aromatic amines is 1. The molecule has 1 atom stereocenters. The van der Waals surface area contributed by atoms with Gasteiger partial charge in [-0.15, -0.1) is 0 Å². The Morgan fingerprint density at radius 3 is 2.64 bits per heavy atom. The minimum absolute atomic E-state index is 0.236. The van der Waals surface area contributed by atoms with Crippen molar-refractivity contribution in [3.05, 3.63) is 41.5 Å². The number of rotatable bonds is 4. The van der Waals surface area contributed by atoms with E-state index in [0.717, 1.165) is 43.1 Å². The van der Waals surface area contributed by atoms with Crippen molar-refractivity contribution in [2.45, 2.75) is 37.2 Å². The molecule has 1 N–H and O–H groups in total. The quantitative estimate of drug-likeness (QED) is 0.930. The molecule has 0 unspecified atom stereocenters. The average molecular weight is 320 g/mol. The summed E-state index contributed by atoms with van der Waals surface area (Å²) >= 11 is 0. The Morgan fingerprint density at radius 1 is 1.32 bits per heavy atom. The fourth-order valence-electron chi connectivity index (χ4n) is 2.89. The zero-order valence-corrected chi connectivity index (χ0v) is 13.6. The molecule has 0 aliphatic carbocycles. The summed E-state index contributed by atoms with van der Waals surface area (Å²) in [6, 6.07) is 7.35. The Kier molecular flexibility index (Phi) is 4.01. The third-order valence-corrected chi connectivity index (χ3v) is 5.14. The summed E-state index contributed by atoms with van der Waals surface area (Å²) in [7, 11) is -3.14. The SMILES string of the molecule is Cc1nc([C@@H]2CCCN2Cc2ccc(S(C)(=O)=O)cc2)n[nH]1. The zero-order chi connectivity index (χ0) is 15.7. The van der Waals surface area contributed by atoms with Crippen molar-refractivity contribution < 1.29 is 8.42 Å². The van der Waals surface area contributed by atoms with Gasteiger partial charge in [0, 0.05) is 12.8 Å². The molecule has 0 saturated carbocycles. The molecule has 22 heavy (non-hydrogen) atoms. The lowest BCUT2D eigenvalue weighted by molar-refractivity contribution is 0.240. The van der Waals surface area contributed by atoms with Gasteiger partial charge in [0.05, 0.1) is 10.9 Å². The third kappa shape index (κ3) is 3.20. The highest BCUT2D eigenvalue weighted by Crippen LogP contribution is 2.31. The van der Waals surface area contributed by atoms with Gasteiger partial charge in [-0.1, -0.05) is 12.1 Å². The van der Waals surface area contributed by atoms with Gasteiger partial charge in [-0.25, -0.2) is 13.4 Å². The molecule has 1 saturated heterocycles. The largest absolute Gasteiger partial charge is 0.289 e. The summed E-state index contributed by atoms with van der Waals surface area (Å²) in [4.78, 5) is 7.15. The first-order valence-corrected chi connectivity index (χ1v) is 9.24. The van der Waals surface area contributed by atoms with Gasteiger partial charge in [-0.05, 0) is 44.0 Å². The molecule has 0 radical (unpaired) electrons. The molecule has 118 valence electrons. The molecule has 1 aromatic heterocycles. The lowest BCUT2D eigenvalue weighted by Gasteiger charge is -2.22. The average Bonchev–Trinajstić information content (AvgIpc) is 3.07. The van der Waals surface area contributed by atoms with Crippen LogP contribution in [0.15, 0.2) is 29.2 Å². The summed E-state index contributed by atoms with van der Waals surface area (Å²) in [5.41, 5.74) is 1.10. The van der Waals surface area contributed by atoms with Crippen LogP contribution in [0.3, 0.4) is 0 Å². The van der Waals surface area contributed by atoms with Crippen molar-refractivity contribution >= 4 is 9.84 Å². The molecule has 7 heteroatoms. The van der Waals surface area contributed by atoms with E-state index in [2.05, 4.69) is 20.1 Å². The van der Waals surface area contributed by atoms with Crippen LogP contribution in [-0.2, 0) is 16.4 Å². The molecule has 1 aliphatic heterocycles. The second kappa shape index (κ2) is 5.81. The lowest BCUT2D eigenvalue weighted by Crippen LogP contribution is -2.23. The Labute approximate surface area is 130 Å². The molecule has 1 aromatic carbocycles. The molecule has 2 aromatic rings. The van der Waals surface area contributed by atoms with Gasteiger partial charge in [0.2, 0.25) is 0 Å². The smallest absolute Gasteiger partial charge is 0.175 e. The van der Waals surface area contributed by atoms with E-state index in [1.54, 1.807) is 12.1 Å². The van der Waals surface area contributed by atoms with Crippen molar-refractivity contribution in [2.75, 3.05) is 12.8 Å². The van der Waals surface area contributed by atoms with E-state index in [1.165, 1.54) is 6.26 Å². The topological polar surface area (TPSA) is 79.0 Å². The van der Waals surface area contributed by atoms with Gasteiger partial charge in [0.25, 0.3) is 0 Å². The highest BCUT2D eigenvalue weighted by Gasteiger charge is 2.28. The van der Waals surface area contributed by atoms with E-state index in [0.29, 0.717) is 4.90 Å². The summed E-state index contributed by atoms with van der Waals surface area (Å²) < 4.78 is 23.0. The molecular weight excluding hydrogens is 300 g/mol. The second-order valence-corrected chi connectivity index (χ2v) is 7.84. The van der Waals surface area contributed by atoms with Crippen LogP contribution in [0.1, 0.15) is 36.1 Å². The highest BCUT2D eigenvalue weighted by molar-refractivity contribution is 7.90. The van der Waals surface area contributed by atoms with E-state index in [9.17, 15) is 8.42 Å². The molecule has 1 aliphatic rings. The van der Waals surface area contributed by atoms with Gasteiger partial charge in [-0.3, -0.25) is 10.00 Å². The summed E-state index contributed by atoms with van der Waals surface area (Å²) in [5.74, 6) is 1.68. The van der Waals surface area contributed by atoms with Crippen LogP contribution >= 0.6 is 0 Å². The third-order valence-electron chi connectivity index (χ3n) is 4.01. The summed E-state index contributed by atoms with van der Waals surface area (Å²) in [6.07, 6.45) is 3.41. The van der Waals surface area contributed by atoms with Gasteiger partial charge < -0.3 is 0 Å². The number of H-pyrrole nitrogens is 1. The van der Waals surface area contributed by atoms with E-state index in [1.807, 2.05) is 19.1 Å². The Balaban J connectivity index is 1.74. The van der Waals surface area contributed by atoms with Gasteiger partial charge >= 0.3 is 0 Å². The van der Waals surface area contributed by atoms with Crippen LogP contribution in [0.25, 0.3) is 0 Å². The number of nitrogens with zero attached hydrogens (tertiary/aromatic N) is 3. The molecule has 0 amide bonds. The van der Waals surface area contributed by atoms with Crippen molar-refractivity contribution in [3.63, 3.8) is 0 Å². The van der Waals surface area contributed by atoms with Gasteiger partial charge in [-0.2, -0.15) is 5.10 Å². The van der Waals surface area contributed by atoms with Crippen molar-refractivity contribution in [2.24, 2.45) is 0 Å². The number of hydrogen-bond acceptors (Lipinski definition) is 5. The fraction of sp³-hybridized carbons (Fsp3) is 0.467. The minimum Gasteiger partial charge on any atom is -0.289 e. The molecule has 0 bridgehead atoms. The van der Waals surface area contributed by atoms with Crippen molar-refractivity contribution in [3.8, 4) is 0 Å². The maximum absolute atomic E-state index is 11.5. The van der Waals surface area contributed by atoms with E-state index < -0.39 is 9.84 Å². The Bertz CT molecular complexity index is 752. The first kappa shape index (κ1) is 15.2. The second-order valence-electron chi connectivity index (χ2n) is 5.82. The number of aryl methyl sites for hydroxylation is 1. The van der Waals surface area contributed by atoms with Crippen LogP contribution in [0.5, 0.6) is 0 Å². The number of likely N-dealkylation sites (tertiary alicyclic amines) is 1. The predicted molar refractivity (Wildman–Crippen MR) is 83.1 cm³/mol.